The number of rotatable bonds is 0. The molecule has 0 aliphatic carbocycles. The lowest BCUT2D eigenvalue weighted by atomic mass is 10.4. The second-order valence-electron chi connectivity index (χ2n) is 1.14. The molecule has 0 N–H and O–H groups in total. The van der Waals surface area contributed by atoms with Crippen molar-refractivity contribution < 1.29 is 2.74 Å². The van der Waals surface area contributed by atoms with Crippen molar-refractivity contribution in [2.75, 3.05) is 0 Å². The van der Waals surface area contributed by atoms with E-state index in [1.165, 1.54) is 0 Å². The van der Waals surface area contributed by atoms with Crippen LogP contribution >= 0.6 is 15.9 Å². The molecule has 36 valence electrons. The van der Waals surface area contributed by atoms with Crippen molar-refractivity contribution >= 4 is 15.9 Å². The first-order chi connectivity index (χ1) is 4.22. The van der Waals surface area contributed by atoms with Gasteiger partial charge in [0, 0.05) is 4.47 Å². The van der Waals surface area contributed by atoms with Gasteiger partial charge in [0.2, 0.25) is 0 Å². The van der Waals surface area contributed by atoms with Crippen LogP contribution in [0, 0.1) is 0 Å². The Bertz CT molecular complexity index is 202. The van der Waals surface area contributed by atoms with Gasteiger partial charge in [-0.2, -0.15) is 0 Å². The standard InChI is InChI=1S/C6H5Br/c7-6-4-2-1-3-5-6/h1-5H/i2D,4D. The third kappa shape index (κ3) is 1.32. The lowest BCUT2D eigenvalue weighted by Gasteiger charge is -1.80. The second kappa shape index (κ2) is 2.12. The molecule has 1 aromatic rings. The predicted octanol–water partition coefficient (Wildman–Crippen LogP) is 2.45. The lowest BCUT2D eigenvalue weighted by Crippen LogP contribution is -1.55. The fraction of sp³-hybridized carbons (Fsp3) is 0. The monoisotopic (exact) mass is 158 g/mol. The Morgan fingerprint density at radius 3 is 3.00 bits per heavy atom. The lowest BCUT2D eigenvalue weighted by molar-refractivity contribution is 1.66. The zero-order valence-corrected chi connectivity index (χ0v) is 5.20. The Kier molecular flexibility index (Phi) is 0.873. The van der Waals surface area contributed by atoms with Gasteiger partial charge < -0.3 is 0 Å². The van der Waals surface area contributed by atoms with E-state index in [4.69, 9.17) is 2.74 Å². The minimum Gasteiger partial charge on any atom is -0.0622 e. The summed E-state index contributed by atoms with van der Waals surface area (Å²) in [6.07, 6.45) is 0. The summed E-state index contributed by atoms with van der Waals surface area (Å²) in [6, 6.07) is 5.58. The van der Waals surface area contributed by atoms with E-state index in [2.05, 4.69) is 15.9 Å². The summed E-state index contributed by atoms with van der Waals surface area (Å²) in [5.41, 5.74) is 0. The molecule has 1 aromatic carbocycles. The van der Waals surface area contributed by atoms with Gasteiger partial charge in [0.1, 0.15) is 0 Å². The van der Waals surface area contributed by atoms with Crippen molar-refractivity contribution in [2.24, 2.45) is 0 Å². The third-order valence-electron chi connectivity index (χ3n) is 0.614. The molecule has 0 atom stereocenters. The minimum absolute atomic E-state index is 0.248. The van der Waals surface area contributed by atoms with Crippen molar-refractivity contribution in [3.8, 4) is 0 Å². The summed E-state index contributed by atoms with van der Waals surface area (Å²) in [5, 5.41) is 0. The molecule has 0 aliphatic heterocycles. The Labute approximate surface area is 54.1 Å². The minimum atomic E-state index is 0.248. The maximum atomic E-state index is 7.21. The van der Waals surface area contributed by atoms with Gasteiger partial charge in [-0.3, -0.25) is 0 Å². The van der Waals surface area contributed by atoms with Crippen LogP contribution in [-0.2, 0) is 0 Å². The summed E-state index contributed by atoms with van der Waals surface area (Å²) in [5.74, 6) is 0. The third-order valence-corrected chi connectivity index (χ3v) is 1.08. The first-order valence-electron chi connectivity index (χ1n) is 2.93. The number of benzene rings is 1. The van der Waals surface area contributed by atoms with E-state index in [0.717, 1.165) is 0 Å². The van der Waals surface area contributed by atoms with Crippen LogP contribution in [0.15, 0.2) is 34.8 Å². The SMILES string of the molecule is [2H]c1cccc(Br)c1[2H]. The molecule has 0 radical (unpaired) electrons. The maximum absolute atomic E-state index is 7.21. The van der Waals surface area contributed by atoms with Crippen LogP contribution in [-0.4, -0.2) is 0 Å². The van der Waals surface area contributed by atoms with Crippen LogP contribution in [0.5, 0.6) is 0 Å². The molecule has 0 nitrogen and oxygen atoms in total. The molecule has 0 spiro atoms. The molecule has 0 aromatic heterocycles. The topological polar surface area (TPSA) is 0 Å². The zero-order chi connectivity index (χ0) is 6.85. The highest BCUT2D eigenvalue weighted by Gasteiger charge is 1.74. The quantitative estimate of drug-likeness (QED) is 0.545. The van der Waals surface area contributed by atoms with Gasteiger partial charge in [0.15, 0.2) is 0 Å². The molecule has 0 saturated carbocycles. The highest BCUT2D eigenvalue weighted by molar-refractivity contribution is 9.10. The molecule has 0 unspecified atom stereocenters. The molecule has 7 heavy (non-hydrogen) atoms. The van der Waals surface area contributed by atoms with Crippen LogP contribution in [0.1, 0.15) is 2.74 Å². The number of hydrogen-bond donors (Lipinski definition) is 0. The Hall–Kier alpha value is -0.300. The molecular weight excluding hydrogens is 152 g/mol. The summed E-state index contributed by atoms with van der Waals surface area (Å²) in [6.45, 7) is 0. The van der Waals surface area contributed by atoms with E-state index < -0.39 is 0 Å². The second-order valence-corrected chi connectivity index (χ2v) is 2.00. The van der Waals surface area contributed by atoms with E-state index in [1.807, 2.05) is 0 Å². The Morgan fingerprint density at radius 1 is 1.57 bits per heavy atom. The van der Waals surface area contributed by atoms with Crippen molar-refractivity contribution in [1.82, 2.24) is 0 Å². The number of hydrogen-bond acceptors (Lipinski definition) is 0. The van der Waals surface area contributed by atoms with Gasteiger partial charge in [-0.15, -0.1) is 0 Å². The van der Waals surface area contributed by atoms with E-state index in [9.17, 15) is 0 Å². The van der Waals surface area contributed by atoms with Crippen LogP contribution in [0.25, 0.3) is 0 Å². The maximum Gasteiger partial charge on any atom is 0.0635 e. The Balaban J connectivity index is 3.25. The van der Waals surface area contributed by atoms with Crippen LogP contribution in [0.3, 0.4) is 0 Å². The van der Waals surface area contributed by atoms with Crippen molar-refractivity contribution in [2.45, 2.75) is 0 Å². The van der Waals surface area contributed by atoms with Crippen LogP contribution < -0.4 is 0 Å². The smallest absolute Gasteiger partial charge is 0.0622 e. The highest BCUT2D eigenvalue weighted by atomic mass is 79.9. The van der Waals surface area contributed by atoms with Crippen LogP contribution in [0.2, 0.25) is 0 Å². The summed E-state index contributed by atoms with van der Waals surface area (Å²) in [7, 11) is 0. The molecule has 0 amide bonds. The molecule has 1 heteroatoms. The van der Waals surface area contributed by atoms with Crippen molar-refractivity contribution in [3.63, 3.8) is 0 Å². The van der Waals surface area contributed by atoms with Gasteiger partial charge >= 0.3 is 0 Å². The molecular formula is C6H5Br. The number of halogens is 1. The first-order valence-corrected chi connectivity index (χ1v) is 2.73. The normalized spacial score (nSPS) is 12.7. The first kappa shape index (κ1) is 2.88. The molecule has 0 heterocycles. The van der Waals surface area contributed by atoms with Gasteiger partial charge in [-0.25, -0.2) is 0 Å². The Morgan fingerprint density at radius 2 is 2.43 bits per heavy atom. The molecule has 0 saturated heterocycles. The summed E-state index contributed by atoms with van der Waals surface area (Å²) < 4.78 is 15.0. The van der Waals surface area contributed by atoms with E-state index >= 15 is 0 Å². The molecule has 1 rings (SSSR count). The van der Waals surface area contributed by atoms with E-state index in [1.54, 1.807) is 18.2 Å². The van der Waals surface area contributed by atoms with E-state index in [-0.39, 0.29) is 12.1 Å². The predicted molar refractivity (Wildman–Crippen MR) is 34.1 cm³/mol. The van der Waals surface area contributed by atoms with Gasteiger partial charge in [-0.05, 0) is 12.1 Å². The average Bonchev–Trinajstić information content (AvgIpc) is 1.83. The molecule has 0 fully saturated rings. The van der Waals surface area contributed by atoms with Crippen LogP contribution in [0.4, 0.5) is 0 Å². The average molecular weight is 159 g/mol. The summed E-state index contributed by atoms with van der Waals surface area (Å²) in [4.78, 5) is 0. The van der Waals surface area contributed by atoms with E-state index in [0.29, 0.717) is 4.47 Å². The van der Waals surface area contributed by atoms with Gasteiger partial charge in [-0.1, -0.05) is 34.1 Å². The molecule has 0 aliphatic rings. The highest BCUT2D eigenvalue weighted by Crippen LogP contribution is 2.05. The molecule has 0 bridgehead atoms. The fourth-order valence-corrected chi connectivity index (χ4v) is 0.600. The van der Waals surface area contributed by atoms with Crippen molar-refractivity contribution in [3.05, 3.63) is 34.8 Å². The fourth-order valence-electron chi connectivity index (χ4n) is 0.333. The van der Waals surface area contributed by atoms with Gasteiger partial charge in [0.25, 0.3) is 0 Å². The summed E-state index contributed by atoms with van der Waals surface area (Å²) >= 11 is 3.14. The largest absolute Gasteiger partial charge is 0.0635 e. The zero-order valence-electron chi connectivity index (χ0n) is 5.61. The van der Waals surface area contributed by atoms with Crippen molar-refractivity contribution in [1.29, 1.82) is 0 Å². The van der Waals surface area contributed by atoms with Gasteiger partial charge in [0.05, 0.1) is 2.74 Å².